The average Bonchev–Trinajstić information content (AvgIpc) is 2.29. The minimum absolute atomic E-state index is 0.00511. The van der Waals surface area contributed by atoms with Gasteiger partial charge < -0.3 is 10.1 Å². The second-order valence-electron chi connectivity index (χ2n) is 4.38. The molecule has 1 N–H and O–H groups in total. The third-order valence-corrected chi connectivity index (χ3v) is 3.40. The molecule has 2 aliphatic rings. The van der Waals surface area contributed by atoms with Gasteiger partial charge in [-0.15, -0.1) is 0 Å². The first-order chi connectivity index (χ1) is 7.31. The van der Waals surface area contributed by atoms with E-state index >= 15 is 0 Å². The van der Waals surface area contributed by atoms with Gasteiger partial charge in [0.15, 0.2) is 0 Å². The number of carbonyl (C=O) groups excluding carboxylic acids is 1. The lowest BCUT2D eigenvalue weighted by Crippen LogP contribution is -2.55. The average molecular weight is 212 g/mol. The molecule has 86 valence electrons. The van der Waals surface area contributed by atoms with Gasteiger partial charge in [-0.1, -0.05) is 0 Å². The zero-order valence-electron chi connectivity index (χ0n) is 9.37. The maximum absolute atomic E-state index is 11.6. The van der Waals surface area contributed by atoms with Gasteiger partial charge in [0.05, 0.1) is 12.5 Å². The fraction of sp³-hybridized carbons (Fsp3) is 0.909. The van der Waals surface area contributed by atoms with Gasteiger partial charge in [-0.25, -0.2) is 0 Å². The van der Waals surface area contributed by atoms with Gasteiger partial charge in [0, 0.05) is 32.2 Å². The third-order valence-electron chi connectivity index (χ3n) is 3.40. The van der Waals surface area contributed by atoms with Crippen molar-refractivity contribution in [2.24, 2.45) is 5.92 Å². The molecule has 2 fully saturated rings. The number of piperazine rings is 1. The number of piperidine rings is 1. The Hall–Kier alpha value is -0.610. The normalized spacial score (nSPS) is 32.1. The first-order valence-corrected chi connectivity index (χ1v) is 5.92. The monoisotopic (exact) mass is 212 g/mol. The highest BCUT2D eigenvalue weighted by molar-refractivity contribution is 5.72. The summed E-state index contributed by atoms with van der Waals surface area (Å²) in [6, 6.07) is 0.643. The minimum atomic E-state index is -0.00511. The van der Waals surface area contributed by atoms with Crippen LogP contribution in [0.2, 0.25) is 0 Å². The van der Waals surface area contributed by atoms with E-state index in [9.17, 15) is 4.79 Å². The predicted molar refractivity (Wildman–Crippen MR) is 57.6 cm³/mol. The van der Waals surface area contributed by atoms with Gasteiger partial charge in [-0.05, 0) is 19.8 Å². The highest BCUT2D eigenvalue weighted by Gasteiger charge is 2.33. The molecule has 0 saturated carbocycles. The molecule has 0 aliphatic carbocycles. The van der Waals surface area contributed by atoms with Crippen molar-refractivity contribution in [3.8, 4) is 0 Å². The fourth-order valence-electron chi connectivity index (χ4n) is 2.55. The molecule has 0 radical (unpaired) electrons. The number of hydrogen-bond donors (Lipinski definition) is 1. The molecule has 0 bridgehead atoms. The number of carbonyl (C=O) groups is 1. The quantitative estimate of drug-likeness (QED) is 0.665. The van der Waals surface area contributed by atoms with Crippen molar-refractivity contribution in [2.45, 2.75) is 25.8 Å². The van der Waals surface area contributed by atoms with Gasteiger partial charge in [-0.2, -0.15) is 0 Å². The summed E-state index contributed by atoms with van der Waals surface area (Å²) in [5, 5.41) is 3.40. The zero-order valence-corrected chi connectivity index (χ0v) is 9.37. The van der Waals surface area contributed by atoms with E-state index in [1.54, 1.807) is 0 Å². The zero-order chi connectivity index (χ0) is 10.7. The van der Waals surface area contributed by atoms with Crippen molar-refractivity contribution < 1.29 is 9.53 Å². The molecule has 0 aromatic carbocycles. The maximum Gasteiger partial charge on any atom is 0.310 e. The summed E-state index contributed by atoms with van der Waals surface area (Å²) in [6.45, 7) is 6.46. The van der Waals surface area contributed by atoms with Gasteiger partial charge in [0.2, 0.25) is 0 Å². The summed E-state index contributed by atoms with van der Waals surface area (Å²) < 4.78 is 5.08. The highest BCUT2D eigenvalue weighted by Crippen LogP contribution is 2.23. The molecule has 0 aromatic rings. The number of rotatable bonds is 2. The SMILES string of the molecule is CCOC(=O)C1CCC2CNCCN2C1. The molecule has 2 atom stereocenters. The van der Waals surface area contributed by atoms with Crippen LogP contribution in [-0.4, -0.2) is 49.7 Å². The lowest BCUT2D eigenvalue weighted by molar-refractivity contribution is -0.150. The molecule has 2 aliphatic heterocycles. The largest absolute Gasteiger partial charge is 0.466 e. The number of ether oxygens (including phenoxy) is 1. The van der Waals surface area contributed by atoms with Gasteiger partial charge in [-0.3, -0.25) is 9.69 Å². The van der Waals surface area contributed by atoms with Crippen molar-refractivity contribution in [2.75, 3.05) is 32.8 Å². The van der Waals surface area contributed by atoms with Crippen LogP contribution < -0.4 is 5.32 Å². The topological polar surface area (TPSA) is 41.6 Å². The lowest BCUT2D eigenvalue weighted by Gasteiger charge is -2.42. The van der Waals surface area contributed by atoms with E-state index in [2.05, 4.69) is 10.2 Å². The van der Waals surface area contributed by atoms with Crippen LogP contribution in [0.5, 0.6) is 0 Å². The second kappa shape index (κ2) is 4.94. The molecule has 2 saturated heterocycles. The Morgan fingerprint density at radius 2 is 2.40 bits per heavy atom. The van der Waals surface area contributed by atoms with Crippen molar-refractivity contribution in [1.82, 2.24) is 10.2 Å². The van der Waals surface area contributed by atoms with Crippen LogP contribution in [0.25, 0.3) is 0 Å². The van der Waals surface area contributed by atoms with Crippen LogP contribution in [0.1, 0.15) is 19.8 Å². The van der Waals surface area contributed by atoms with Crippen molar-refractivity contribution in [3.05, 3.63) is 0 Å². The van der Waals surface area contributed by atoms with E-state index in [0.29, 0.717) is 12.6 Å². The first kappa shape index (κ1) is 10.9. The van der Waals surface area contributed by atoms with Crippen LogP contribution >= 0.6 is 0 Å². The number of esters is 1. The van der Waals surface area contributed by atoms with Gasteiger partial charge >= 0.3 is 5.97 Å². The highest BCUT2D eigenvalue weighted by atomic mass is 16.5. The fourth-order valence-corrected chi connectivity index (χ4v) is 2.55. The standard InChI is InChI=1S/C11H20N2O2/c1-2-15-11(14)9-3-4-10-7-12-5-6-13(10)8-9/h9-10,12H,2-8H2,1H3. The lowest BCUT2D eigenvalue weighted by atomic mass is 9.91. The molecule has 15 heavy (non-hydrogen) atoms. The van der Waals surface area contributed by atoms with E-state index in [1.165, 1.54) is 0 Å². The Morgan fingerprint density at radius 3 is 3.20 bits per heavy atom. The molecular formula is C11H20N2O2. The van der Waals surface area contributed by atoms with Crippen LogP contribution in [-0.2, 0) is 9.53 Å². The number of fused-ring (bicyclic) bond motifs is 1. The van der Waals surface area contributed by atoms with Crippen molar-refractivity contribution in [3.63, 3.8) is 0 Å². The van der Waals surface area contributed by atoms with Crippen LogP contribution in [0.15, 0.2) is 0 Å². The number of nitrogens with one attached hydrogen (secondary N) is 1. The van der Waals surface area contributed by atoms with Crippen LogP contribution in [0.4, 0.5) is 0 Å². The summed E-state index contributed by atoms with van der Waals surface area (Å²) in [6.07, 6.45) is 2.11. The predicted octanol–water partition coefficient (Wildman–Crippen LogP) is 0.233. The van der Waals surface area contributed by atoms with E-state index in [-0.39, 0.29) is 11.9 Å². The summed E-state index contributed by atoms with van der Waals surface area (Å²) in [7, 11) is 0. The van der Waals surface area contributed by atoms with E-state index in [4.69, 9.17) is 4.74 Å². The summed E-state index contributed by atoms with van der Waals surface area (Å²) in [4.78, 5) is 14.0. The molecule has 2 heterocycles. The first-order valence-electron chi connectivity index (χ1n) is 5.92. The molecule has 4 heteroatoms. The van der Waals surface area contributed by atoms with E-state index in [1.807, 2.05) is 6.92 Å². The summed E-state index contributed by atoms with van der Waals surface area (Å²) in [5.41, 5.74) is 0. The van der Waals surface area contributed by atoms with Crippen molar-refractivity contribution in [1.29, 1.82) is 0 Å². The molecular weight excluding hydrogens is 192 g/mol. The second-order valence-corrected chi connectivity index (χ2v) is 4.38. The third kappa shape index (κ3) is 2.49. The number of hydrogen-bond acceptors (Lipinski definition) is 4. The molecule has 0 amide bonds. The Balaban J connectivity index is 1.87. The van der Waals surface area contributed by atoms with Crippen LogP contribution in [0, 0.1) is 5.92 Å². The van der Waals surface area contributed by atoms with Crippen molar-refractivity contribution >= 4 is 5.97 Å². The Morgan fingerprint density at radius 1 is 1.53 bits per heavy atom. The van der Waals surface area contributed by atoms with Gasteiger partial charge in [0.25, 0.3) is 0 Å². The Bertz CT molecular complexity index is 233. The summed E-state index contributed by atoms with van der Waals surface area (Å²) >= 11 is 0. The molecule has 0 spiro atoms. The molecule has 2 rings (SSSR count). The van der Waals surface area contributed by atoms with Gasteiger partial charge in [0.1, 0.15) is 0 Å². The van der Waals surface area contributed by atoms with Crippen LogP contribution in [0.3, 0.4) is 0 Å². The maximum atomic E-state index is 11.6. The molecule has 4 nitrogen and oxygen atoms in total. The Kier molecular flexibility index (Phi) is 3.59. The summed E-state index contributed by atoms with van der Waals surface area (Å²) in [5.74, 6) is 0.105. The van der Waals surface area contributed by atoms with E-state index < -0.39 is 0 Å². The number of nitrogens with zero attached hydrogens (tertiary/aromatic N) is 1. The van der Waals surface area contributed by atoms with E-state index in [0.717, 1.165) is 39.0 Å². The Labute approximate surface area is 91.0 Å². The molecule has 2 unspecified atom stereocenters. The smallest absolute Gasteiger partial charge is 0.310 e. The molecule has 0 aromatic heterocycles. The minimum Gasteiger partial charge on any atom is -0.466 e.